The Bertz CT molecular complexity index is 435. The van der Waals surface area contributed by atoms with Crippen LogP contribution in [0, 0.1) is 6.92 Å². The van der Waals surface area contributed by atoms with E-state index in [1.807, 2.05) is 0 Å². The van der Waals surface area contributed by atoms with Gasteiger partial charge in [0.15, 0.2) is 0 Å². The van der Waals surface area contributed by atoms with E-state index >= 15 is 0 Å². The molecule has 2 N–H and O–H groups in total. The molecule has 0 amide bonds. The molecular weight excluding hydrogens is 248 g/mol. The zero-order valence-electron chi connectivity index (χ0n) is 13.4. The highest BCUT2D eigenvalue weighted by atomic mass is 16.5. The first-order valence-electron chi connectivity index (χ1n) is 7.42. The lowest BCUT2D eigenvalue weighted by Gasteiger charge is -2.47. The zero-order chi connectivity index (χ0) is 15.0. The van der Waals surface area contributed by atoms with Gasteiger partial charge in [0.05, 0.1) is 11.2 Å². The van der Waals surface area contributed by atoms with E-state index in [0.29, 0.717) is 0 Å². The molecule has 0 spiro atoms. The van der Waals surface area contributed by atoms with Crippen LogP contribution < -0.4 is 5.73 Å². The predicted molar refractivity (Wildman–Crippen MR) is 83.8 cm³/mol. The summed E-state index contributed by atoms with van der Waals surface area (Å²) in [6, 6.07) is 8.58. The van der Waals surface area contributed by atoms with Crippen LogP contribution in [0.25, 0.3) is 0 Å². The Morgan fingerprint density at radius 2 is 1.60 bits per heavy atom. The fraction of sp³-hybridized carbons (Fsp3) is 0.647. The Morgan fingerprint density at radius 1 is 1.10 bits per heavy atom. The summed E-state index contributed by atoms with van der Waals surface area (Å²) in [4.78, 5) is 2.42. The minimum Gasteiger partial charge on any atom is -0.367 e. The van der Waals surface area contributed by atoms with Crippen molar-refractivity contribution in [3.8, 4) is 0 Å². The number of aryl methyl sites for hydroxylation is 1. The Morgan fingerprint density at radius 3 is 2.10 bits per heavy atom. The third kappa shape index (κ3) is 4.05. The summed E-state index contributed by atoms with van der Waals surface area (Å²) in [5.74, 6) is 0. The molecule has 2 rings (SSSR count). The van der Waals surface area contributed by atoms with E-state index in [-0.39, 0.29) is 17.2 Å². The predicted octanol–water partition coefficient (Wildman–Crippen LogP) is 2.88. The Hall–Kier alpha value is -0.900. The first kappa shape index (κ1) is 15.5. The number of hydrogen-bond donors (Lipinski definition) is 1. The highest BCUT2D eigenvalue weighted by Crippen LogP contribution is 2.29. The molecule has 0 saturated carbocycles. The molecule has 1 aromatic carbocycles. The second-order valence-electron chi connectivity index (χ2n) is 7.31. The number of benzene rings is 1. The van der Waals surface area contributed by atoms with E-state index in [0.717, 1.165) is 19.6 Å². The first-order valence-corrected chi connectivity index (χ1v) is 7.42. The maximum atomic E-state index is 6.37. The Kier molecular flexibility index (Phi) is 4.24. The van der Waals surface area contributed by atoms with Gasteiger partial charge < -0.3 is 10.5 Å². The summed E-state index contributed by atoms with van der Waals surface area (Å²) in [5, 5.41) is 0. The number of nitrogens with two attached hydrogens (primary N) is 1. The average Bonchev–Trinajstić information content (AvgIpc) is 2.25. The molecule has 1 unspecified atom stereocenters. The van der Waals surface area contributed by atoms with Crippen LogP contribution in [0.2, 0.25) is 0 Å². The summed E-state index contributed by atoms with van der Waals surface area (Å²) in [6.45, 7) is 13.4. The van der Waals surface area contributed by atoms with Crippen molar-refractivity contribution in [3.05, 3.63) is 35.4 Å². The van der Waals surface area contributed by atoms with Crippen LogP contribution >= 0.6 is 0 Å². The van der Waals surface area contributed by atoms with E-state index in [9.17, 15) is 0 Å². The van der Waals surface area contributed by atoms with Crippen molar-refractivity contribution in [1.29, 1.82) is 0 Å². The van der Waals surface area contributed by atoms with Crippen LogP contribution in [0.3, 0.4) is 0 Å². The van der Waals surface area contributed by atoms with Crippen molar-refractivity contribution in [2.24, 2.45) is 5.73 Å². The molecule has 0 bridgehead atoms. The van der Waals surface area contributed by atoms with Gasteiger partial charge in [-0.05, 0) is 40.2 Å². The third-order valence-corrected chi connectivity index (χ3v) is 3.72. The smallest absolute Gasteiger partial charge is 0.0760 e. The lowest BCUT2D eigenvalue weighted by molar-refractivity contribution is -0.181. The molecule has 20 heavy (non-hydrogen) atoms. The van der Waals surface area contributed by atoms with Crippen molar-refractivity contribution in [2.75, 3.05) is 19.6 Å². The zero-order valence-corrected chi connectivity index (χ0v) is 13.4. The van der Waals surface area contributed by atoms with Crippen LogP contribution in [-0.4, -0.2) is 35.7 Å². The van der Waals surface area contributed by atoms with Crippen LogP contribution in [0.1, 0.15) is 44.9 Å². The number of morpholine rings is 1. The van der Waals surface area contributed by atoms with E-state index in [1.54, 1.807) is 0 Å². The van der Waals surface area contributed by atoms with Gasteiger partial charge in [-0.25, -0.2) is 0 Å². The normalized spacial score (nSPS) is 23.5. The van der Waals surface area contributed by atoms with E-state index in [1.165, 1.54) is 11.1 Å². The van der Waals surface area contributed by atoms with Crippen LogP contribution in [0.4, 0.5) is 0 Å². The van der Waals surface area contributed by atoms with Crippen LogP contribution in [0.15, 0.2) is 24.3 Å². The van der Waals surface area contributed by atoms with E-state index in [2.05, 4.69) is 63.8 Å². The van der Waals surface area contributed by atoms with Crippen molar-refractivity contribution in [1.82, 2.24) is 4.90 Å². The molecule has 1 atom stereocenters. The van der Waals surface area contributed by atoms with Crippen molar-refractivity contribution in [3.63, 3.8) is 0 Å². The quantitative estimate of drug-likeness (QED) is 0.922. The SMILES string of the molecule is Cc1ccc(C(N)CN2CC(C)(C)OC(C)(C)C2)cc1. The summed E-state index contributed by atoms with van der Waals surface area (Å²) in [7, 11) is 0. The fourth-order valence-electron chi connectivity index (χ4n) is 3.27. The molecular formula is C17H28N2O. The summed E-state index contributed by atoms with van der Waals surface area (Å²) in [6.07, 6.45) is 0. The maximum absolute atomic E-state index is 6.37. The molecule has 112 valence electrons. The largest absolute Gasteiger partial charge is 0.367 e. The molecule has 1 fully saturated rings. The third-order valence-electron chi connectivity index (χ3n) is 3.72. The lowest BCUT2D eigenvalue weighted by Crippen LogP contribution is -2.58. The van der Waals surface area contributed by atoms with Gasteiger partial charge in [0.25, 0.3) is 0 Å². The second-order valence-corrected chi connectivity index (χ2v) is 7.31. The summed E-state index contributed by atoms with van der Waals surface area (Å²) in [5.41, 5.74) is 8.62. The molecule has 0 radical (unpaired) electrons. The topological polar surface area (TPSA) is 38.5 Å². The van der Waals surface area contributed by atoms with Gasteiger partial charge in [-0.2, -0.15) is 0 Å². The number of nitrogens with zero attached hydrogens (tertiary/aromatic N) is 1. The van der Waals surface area contributed by atoms with Gasteiger partial charge in [-0.3, -0.25) is 4.90 Å². The average molecular weight is 276 g/mol. The maximum Gasteiger partial charge on any atom is 0.0760 e. The minimum atomic E-state index is -0.116. The molecule has 3 heteroatoms. The van der Waals surface area contributed by atoms with E-state index in [4.69, 9.17) is 10.5 Å². The van der Waals surface area contributed by atoms with E-state index < -0.39 is 0 Å². The Balaban J connectivity index is 2.03. The lowest BCUT2D eigenvalue weighted by atomic mass is 9.97. The monoisotopic (exact) mass is 276 g/mol. The minimum absolute atomic E-state index is 0.0558. The fourth-order valence-corrected chi connectivity index (χ4v) is 3.27. The molecule has 1 saturated heterocycles. The summed E-state index contributed by atoms with van der Waals surface area (Å²) < 4.78 is 6.11. The van der Waals surface area contributed by atoms with Gasteiger partial charge in [0.2, 0.25) is 0 Å². The first-order chi connectivity index (χ1) is 9.17. The highest BCUT2D eigenvalue weighted by molar-refractivity contribution is 5.24. The number of hydrogen-bond acceptors (Lipinski definition) is 3. The molecule has 3 nitrogen and oxygen atoms in total. The highest BCUT2D eigenvalue weighted by Gasteiger charge is 2.38. The Labute approximate surface area is 123 Å². The molecule has 0 aromatic heterocycles. The van der Waals surface area contributed by atoms with Gasteiger partial charge in [-0.1, -0.05) is 29.8 Å². The van der Waals surface area contributed by atoms with Gasteiger partial charge in [0.1, 0.15) is 0 Å². The van der Waals surface area contributed by atoms with Gasteiger partial charge in [0, 0.05) is 25.7 Å². The van der Waals surface area contributed by atoms with Gasteiger partial charge in [-0.15, -0.1) is 0 Å². The number of ether oxygens (including phenoxy) is 1. The molecule has 1 aliphatic heterocycles. The molecule has 0 aliphatic carbocycles. The van der Waals surface area contributed by atoms with Crippen molar-refractivity contribution in [2.45, 2.75) is 51.9 Å². The van der Waals surface area contributed by atoms with Crippen molar-refractivity contribution < 1.29 is 4.74 Å². The second kappa shape index (κ2) is 5.47. The van der Waals surface area contributed by atoms with Crippen LogP contribution in [0.5, 0.6) is 0 Å². The molecule has 1 aromatic rings. The molecule has 1 aliphatic rings. The van der Waals surface area contributed by atoms with Gasteiger partial charge >= 0.3 is 0 Å². The summed E-state index contributed by atoms with van der Waals surface area (Å²) >= 11 is 0. The molecule has 1 heterocycles. The number of rotatable bonds is 3. The van der Waals surface area contributed by atoms with Crippen molar-refractivity contribution >= 4 is 0 Å². The van der Waals surface area contributed by atoms with Crippen LogP contribution in [-0.2, 0) is 4.74 Å². The standard InChI is InChI=1S/C17H28N2O/c1-13-6-8-14(9-7-13)15(18)10-19-11-16(2,3)20-17(4,5)12-19/h6-9,15H,10-12,18H2,1-5H3.